The van der Waals surface area contributed by atoms with Crippen LogP contribution in [0.25, 0.3) is 0 Å². The summed E-state index contributed by atoms with van der Waals surface area (Å²) in [4.78, 5) is 13.5. The summed E-state index contributed by atoms with van der Waals surface area (Å²) in [5, 5.41) is 2.92. The van der Waals surface area contributed by atoms with E-state index in [1.54, 1.807) is 0 Å². The van der Waals surface area contributed by atoms with E-state index in [2.05, 4.69) is 17.3 Å². The van der Waals surface area contributed by atoms with Gasteiger partial charge < -0.3 is 10.2 Å². The van der Waals surface area contributed by atoms with Crippen molar-refractivity contribution in [2.24, 2.45) is 11.8 Å². The molecule has 2 atom stereocenters. The molecule has 0 saturated carbocycles. The highest BCUT2D eigenvalue weighted by atomic mass is 16.2. The second kappa shape index (κ2) is 2.48. The molecule has 2 unspecified atom stereocenters. The number of hydrogen-bond acceptors (Lipinski definition) is 2. The average molecular weight is 154 g/mol. The van der Waals surface area contributed by atoms with Crippen LogP contribution in [0.2, 0.25) is 0 Å². The van der Waals surface area contributed by atoms with Gasteiger partial charge in [0.25, 0.3) is 0 Å². The molecule has 0 aromatic heterocycles. The number of piperidine rings is 1. The zero-order valence-electron chi connectivity index (χ0n) is 6.84. The molecule has 0 aromatic rings. The zero-order valence-corrected chi connectivity index (χ0v) is 6.84. The van der Waals surface area contributed by atoms with Crippen LogP contribution >= 0.6 is 0 Å². The molecule has 0 bridgehead atoms. The maximum absolute atomic E-state index is 11.2. The molecule has 2 aliphatic rings. The maximum Gasteiger partial charge on any atom is 0.224 e. The Labute approximate surface area is 66.8 Å². The minimum absolute atomic E-state index is 0.265. The Morgan fingerprint density at radius 3 is 3.27 bits per heavy atom. The second-order valence-corrected chi connectivity index (χ2v) is 3.66. The van der Waals surface area contributed by atoms with E-state index in [4.69, 9.17) is 0 Å². The minimum atomic E-state index is 0.265. The summed E-state index contributed by atoms with van der Waals surface area (Å²) in [5.41, 5.74) is 0. The van der Waals surface area contributed by atoms with E-state index in [0.29, 0.717) is 5.92 Å². The largest absolute Gasteiger partial charge is 0.356 e. The van der Waals surface area contributed by atoms with Gasteiger partial charge in [-0.1, -0.05) is 0 Å². The Bertz CT molecular complexity index is 181. The number of amides is 1. The fraction of sp³-hybridized carbons (Fsp3) is 0.875. The van der Waals surface area contributed by atoms with Crippen LogP contribution in [0.15, 0.2) is 0 Å². The lowest BCUT2D eigenvalue weighted by Crippen LogP contribution is -2.38. The summed E-state index contributed by atoms with van der Waals surface area (Å²) in [5.74, 6) is 1.17. The first kappa shape index (κ1) is 7.10. The van der Waals surface area contributed by atoms with Crippen molar-refractivity contribution in [3.05, 3.63) is 0 Å². The highest BCUT2D eigenvalue weighted by molar-refractivity contribution is 5.81. The Morgan fingerprint density at radius 2 is 2.45 bits per heavy atom. The van der Waals surface area contributed by atoms with Gasteiger partial charge in [0.1, 0.15) is 0 Å². The van der Waals surface area contributed by atoms with Crippen molar-refractivity contribution in [2.75, 3.05) is 26.7 Å². The van der Waals surface area contributed by atoms with Crippen LogP contribution in [-0.2, 0) is 4.79 Å². The van der Waals surface area contributed by atoms with Crippen molar-refractivity contribution >= 4 is 5.91 Å². The summed E-state index contributed by atoms with van der Waals surface area (Å²) in [7, 11) is 2.09. The molecule has 1 amide bonds. The molecule has 62 valence electrons. The number of carbonyl (C=O) groups is 1. The molecule has 11 heavy (non-hydrogen) atoms. The molecular formula is C8H14N2O. The third kappa shape index (κ3) is 1.13. The van der Waals surface area contributed by atoms with E-state index >= 15 is 0 Å². The van der Waals surface area contributed by atoms with Gasteiger partial charge in [0.2, 0.25) is 5.91 Å². The normalized spacial score (nSPS) is 38.5. The predicted molar refractivity (Wildman–Crippen MR) is 42.1 cm³/mol. The minimum Gasteiger partial charge on any atom is -0.356 e. The molecule has 2 aliphatic heterocycles. The SMILES string of the molecule is CN1CCC2CNC(=O)C2C1. The molecular weight excluding hydrogens is 140 g/mol. The first-order valence-electron chi connectivity index (χ1n) is 4.23. The second-order valence-electron chi connectivity index (χ2n) is 3.66. The van der Waals surface area contributed by atoms with Crippen LogP contribution in [0, 0.1) is 11.8 Å². The van der Waals surface area contributed by atoms with Crippen molar-refractivity contribution in [2.45, 2.75) is 6.42 Å². The van der Waals surface area contributed by atoms with Gasteiger partial charge in [-0.25, -0.2) is 0 Å². The lowest BCUT2D eigenvalue weighted by Gasteiger charge is -2.29. The van der Waals surface area contributed by atoms with Crippen LogP contribution in [0.5, 0.6) is 0 Å². The monoisotopic (exact) mass is 154 g/mol. The molecule has 0 aromatic carbocycles. The summed E-state index contributed by atoms with van der Waals surface area (Å²) < 4.78 is 0. The topological polar surface area (TPSA) is 32.3 Å². The first-order chi connectivity index (χ1) is 5.27. The van der Waals surface area contributed by atoms with Gasteiger partial charge in [0.05, 0.1) is 5.92 Å². The predicted octanol–water partition coefficient (Wildman–Crippen LogP) is -0.316. The summed E-state index contributed by atoms with van der Waals surface area (Å²) >= 11 is 0. The number of carbonyl (C=O) groups excluding carboxylic acids is 1. The van der Waals surface area contributed by atoms with E-state index in [1.165, 1.54) is 6.42 Å². The van der Waals surface area contributed by atoms with E-state index in [9.17, 15) is 4.79 Å². The van der Waals surface area contributed by atoms with Gasteiger partial charge in [-0.3, -0.25) is 4.79 Å². The highest BCUT2D eigenvalue weighted by Gasteiger charge is 2.37. The zero-order chi connectivity index (χ0) is 7.84. The molecule has 0 spiro atoms. The molecule has 1 N–H and O–H groups in total. The van der Waals surface area contributed by atoms with Gasteiger partial charge in [0, 0.05) is 13.1 Å². The van der Waals surface area contributed by atoms with Crippen molar-refractivity contribution in [3.63, 3.8) is 0 Å². The molecule has 2 rings (SSSR count). The van der Waals surface area contributed by atoms with Crippen molar-refractivity contribution in [1.82, 2.24) is 10.2 Å². The van der Waals surface area contributed by atoms with Gasteiger partial charge in [-0.15, -0.1) is 0 Å². The lowest BCUT2D eigenvalue weighted by atomic mass is 9.89. The number of nitrogens with one attached hydrogen (secondary N) is 1. The first-order valence-corrected chi connectivity index (χ1v) is 4.23. The average Bonchev–Trinajstić information content (AvgIpc) is 2.33. The van der Waals surface area contributed by atoms with Crippen LogP contribution < -0.4 is 5.32 Å². The van der Waals surface area contributed by atoms with Crippen LogP contribution in [0.3, 0.4) is 0 Å². The summed E-state index contributed by atoms with van der Waals surface area (Å²) in [6.07, 6.45) is 1.18. The molecule has 3 heteroatoms. The highest BCUT2D eigenvalue weighted by Crippen LogP contribution is 2.26. The number of likely N-dealkylation sites (tertiary alicyclic amines) is 1. The maximum atomic E-state index is 11.2. The fourth-order valence-electron chi connectivity index (χ4n) is 2.07. The van der Waals surface area contributed by atoms with Crippen LogP contribution in [-0.4, -0.2) is 37.5 Å². The number of nitrogens with zero attached hydrogens (tertiary/aromatic N) is 1. The number of fused-ring (bicyclic) bond motifs is 1. The van der Waals surface area contributed by atoms with Gasteiger partial charge in [-0.2, -0.15) is 0 Å². The molecule has 3 nitrogen and oxygen atoms in total. The molecule has 2 fully saturated rings. The van der Waals surface area contributed by atoms with E-state index in [-0.39, 0.29) is 11.8 Å². The van der Waals surface area contributed by atoms with Crippen molar-refractivity contribution in [1.29, 1.82) is 0 Å². The Balaban J connectivity index is 2.07. The van der Waals surface area contributed by atoms with Gasteiger partial charge in [-0.05, 0) is 25.9 Å². The standard InChI is InChI=1S/C8H14N2O/c1-10-3-2-6-4-9-8(11)7(6)5-10/h6-7H,2-5H2,1H3,(H,9,11). The number of hydrogen-bond donors (Lipinski definition) is 1. The fourth-order valence-corrected chi connectivity index (χ4v) is 2.07. The number of rotatable bonds is 0. The smallest absolute Gasteiger partial charge is 0.224 e. The quantitative estimate of drug-likeness (QED) is 0.519. The van der Waals surface area contributed by atoms with Crippen molar-refractivity contribution in [3.8, 4) is 0 Å². The molecule has 0 radical (unpaired) electrons. The Hall–Kier alpha value is -0.570. The summed E-state index contributed by atoms with van der Waals surface area (Å²) in [6, 6.07) is 0. The van der Waals surface area contributed by atoms with Crippen LogP contribution in [0.4, 0.5) is 0 Å². The lowest BCUT2D eigenvalue weighted by molar-refractivity contribution is -0.124. The third-order valence-electron chi connectivity index (χ3n) is 2.83. The molecule has 2 heterocycles. The van der Waals surface area contributed by atoms with Crippen molar-refractivity contribution < 1.29 is 4.79 Å². The van der Waals surface area contributed by atoms with E-state index in [0.717, 1.165) is 19.6 Å². The third-order valence-corrected chi connectivity index (χ3v) is 2.83. The van der Waals surface area contributed by atoms with Gasteiger partial charge >= 0.3 is 0 Å². The summed E-state index contributed by atoms with van der Waals surface area (Å²) in [6.45, 7) is 3.02. The van der Waals surface area contributed by atoms with E-state index in [1.807, 2.05) is 0 Å². The molecule has 0 aliphatic carbocycles. The molecule has 2 saturated heterocycles. The van der Waals surface area contributed by atoms with Crippen LogP contribution in [0.1, 0.15) is 6.42 Å². The van der Waals surface area contributed by atoms with E-state index < -0.39 is 0 Å². The Kier molecular flexibility index (Phi) is 1.60. The van der Waals surface area contributed by atoms with Gasteiger partial charge in [0.15, 0.2) is 0 Å². The Morgan fingerprint density at radius 1 is 1.64 bits per heavy atom.